The highest BCUT2D eigenvalue weighted by molar-refractivity contribution is 7.89. The first-order valence-electron chi connectivity index (χ1n) is 8.25. The number of imide groups is 1. The van der Waals surface area contributed by atoms with Crippen molar-refractivity contribution >= 4 is 51.0 Å². The van der Waals surface area contributed by atoms with Gasteiger partial charge < -0.3 is 10.1 Å². The number of rotatable bonds is 5. The zero-order chi connectivity index (χ0) is 22.2. The predicted molar refractivity (Wildman–Crippen MR) is 105 cm³/mol. The van der Waals surface area contributed by atoms with Gasteiger partial charge in [0.2, 0.25) is 10.0 Å². The third-order valence-corrected chi connectivity index (χ3v) is 5.57. The molecule has 3 amide bonds. The second-order valence-corrected chi connectivity index (χ2v) is 8.18. The molecule has 0 atom stereocenters. The standard InChI is InChI=1S/C18H14ClN3O7S/c1-22-16(24)11-4-3-10(7-12(11)17(22)25)21-15(23)8-29-18(26)9-2-5-13(19)14(6-9)30(20,27)28/h2-7H,8H2,1H3,(H,21,23)(H2,20,27,28). The molecular formula is C18H14ClN3O7S. The van der Waals surface area contributed by atoms with Crippen LogP contribution in [-0.2, 0) is 19.6 Å². The summed E-state index contributed by atoms with van der Waals surface area (Å²) in [5.74, 6) is -2.62. The first kappa shape index (κ1) is 21.4. The van der Waals surface area contributed by atoms with Gasteiger partial charge in [0.15, 0.2) is 6.61 Å². The zero-order valence-corrected chi connectivity index (χ0v) is 16.9. The number of hydrogen-bond donors (Lipinski definition) is 2. The SMILES string of the molecule is CN1C(=O)c2ccc(NC(=O)COC(=O)c3ccc(Cl)c(S(N)(=O)=O)c3)cc2C1=O. The van der Waals surface area contributed by atoms with Crippen molar-refractivity contribution in [1.82, 2.24) is 4.90 Å². The normalized spacial score (nSPS) is 13.2. The fourth-order valence-electron chi connectivity index (χ4n) is 2.70. The Kier molecular flexibility index (Phi) is 5.61. The molecule has 2 aromatic rings. The molecule has 30 heavy (non-hydrogen) atoms. The smallest absolute Gasteiger partial charge is 0.338 e. The lowest BCUT2D eigenvalue weighted by Crippen LogP contribution is -2.24. The van der Waals surface area contributed by atoms with E-state index in [4.69, 9.17) is 21.5 Å². The van der Waals surface area contributed by atoms with E-state index < -0.39 is 45.2 Å². The van der Waals surface area contributed by atoms with E-state index in [2.05, 4.69) is 5.32 Å². The lowest BCUT2D eigenvalue weighted by molar-refractivity contribution is -0.119. The second-order valence-electron chi connectivity index (χ2n) is 6.24. The molecule has 1 aliphatic heterocycles. The van der Waals surface area contributed by atoms with Crippen molar-refractivity contribution < 1.29 is 32.3 Å². The molecule has 0 radical (unpaired) electrons. The summed E-state index contributed by atoms with van der Waals surface area (Å²) in [6.45, 7) is -0.684. The van der Waals surface area contributed by atoms with Crippen molar-refractivity contribution in [1.29, 1.82) is 0 Å². The van der Waals surface area contributed by atoms with Crippen LogP contribution in [0, 0.1) is 0 Å². The van der Waals surface area contributed by atoms with Gasteiger partial charge in [0.05, 0.1) is 21.7 Å². The number of carbonyl (C=O) groups is 4. The first-order valence-corrected chi connectivity index (χ1v) is 10.2. The Bertz CT molecular complexity index is 1210. The van der Waals surface area contributed by atoms with E-state index in [1.54, 1.807) is 0 Å². The van der Waals surface area contributed by atoms with Crippen LogP contribution in [0.2, 0.25) is 5.02 Å². The number of fused-ring (bicyclic) bond motifs is 1. The summed E-state index contributed by atoms with van der Waals surface area (Å²) in [7, 11) is -2.81. The van der Waals surface area contributed by atoms with E-state index in [1.807, 2.05) is 0 Å². The molecule has 0 aliphatic carbocycles. The number of carbonyl (C=O) groups excluding carboxylic acids is 4. The highest BCUT2D eigenvalue weighted by atomic mass is 35.5. The summed E-state index contributed by atoms with van der Waals surface area (Å²) in [6, 6.07) is 7.51. The molecule has 3 rings (SSSR count). The fourth-order valence-corrected chi connectivity index (χ4v) is 3.77. The molecule has 3 N–H and O–H groups in total. The van der Waals surface area contributed by atoms with Crippen LogP contribution >= 0.6 is 11.6 Å². The van der Waals surface area contributed by atoms with E-state index in [0.29, 0.717) is 0 Å². The Balaban J connectivity index is 1.65. The molecule has 1 aliphatic rings. The van der Waals surface area contributed by atoms with Gasteiger partial charge in [-0.3, -0.25) is 19.3 Å². The van der Waals surface area contributed by atoms with Crippen LogP contribution < -0.4 is 10.5 Å². The molecule has 0 saturated heterocycles. The number of benzene rings is 2. The molecule has 1 heterocycles. The van der Waals surface area contributed by atoms with Gasteiger partial charge in [-0.2, -0.15) is 0 Å². The van der Waals surface area contributed by atoms with Crippen molar-refractivity contribution in [2.24, 2.45) is 5.14 Å². The van der Waals surface area contributed by atoms with Gasteiger partial charge in [0.25, 0.3) is 17.7 Å². The highest BCUT2D eigenvalue weighted by Gasteiger charge is 2.32. The van der Waals surface area contributed by atoms with Gasteiger partial charge in [-0.15, -0.1) is 0 Å². The number of nitrogens with zero attached hydrogens (tertiary/aromatic N) is 1. The lowest BCUT2D eigenvalue weighted by Gasteiger charge is -2.08. The van der Waals surface area contributed by atoms with Crippen LogP contribution in [0.15, 0.2) is 41.3 Å². The highest BCUT2D eigenvalue weighted by Crippen LogP contribution is 2.25. The fraction of sp³-hybridized carbons (Fsp3) is 0.111. The van der Waals surface area contributed by atoms with Crippen LogP contribution in [-0.4, -0.2) is 50.7 Å². The van der Waals surface area contributed by atoms with Crippen molar-refractivity contribution in [2.45, 2.75) is 4.90 Å². The molecular weight excluding hydrogens is 438 g/mol. The summed E-state index contributed by atoms with van der Waals surface area (Å²) in [4.78, 5) is 48.5. The van der Waals surface area contributed by atoms with Crippen LogP contribution in [0.4, 0.5) is 5.69 Å². The largest absolute Gasteiger partial charge is 0.452 e. The van der Waals surface area contributed by atoms with E-state index >= 15 is 0 Å². The molecule has 12 heteroatoms. The number of hydrogen-bond acceptors (Lipinski definition) is 7. The molecule has 0 saturated carbocycles. The maximum atomic E-state index is 12.1. The minimum Gasteiger partial charge on any atom is -0.452 e. The van der Waals surface area contributed by atoms with Crippen LogP contribution in [0.25, 0.3) is 0 Å². The van der Waals surface area contributed by atoms with E-state index in [1.165, 1.54) is 31.3 Å². The van der Waals surface area contributed by atoms with Crippen molar-refractivity contribution in [3.8, 4) is 0 Å². The average molecular weight is 452 g/mol. The number of ether oxygens (including phenoxy) is 1. The predicted octanol–water partition coefficient (Wildman–Crippen LogP) is 1.01. The third kappa shape index (κ3) is 4.17. The molecule has 10 nitrogen and oxygen atoms in total. The zero-order valence-electron chi connectivity index (χ0n) is 15.3. The van der Waals surface area contributed by atoms with E-state index in [0.717, 1.165) is 17.0 Å². The van der Waals surface area contributed by atoms with Crippen LogP contribution in [0.1, 0.15) is 31.1 Å². The Morgan fingerprint density at radius 2 is 1.77 bits per heavy atom. The minimum atomic E-state index is -4.15. The molecule has 0 unspecified atom stereocenters. The van der Waals surface area contributed by atoms with Gasteiger partial charge in [-0.1, -0.05) is 11.6 Å². The van der Waals surface area contributed by atoms with Crippen molar-refractivity contribution in [3.63, 3.8) is 0 Å². The van der Waals surface area contributed by atoms with Crippen LogP contribution in [0.3, 0.4) is 0 Å². The Morgan fingerprint density at radius 3 is 2.43 bits per heavy atom. The van der Waals surface area contributed by atoms with E-state index in [-0.39, 0.29) is 27.4 Å². The molecule has 0 spiro atoms. The third-order valence-electron chi connectivity index (χ3n) is 4.18. The molecule has 156 valence electrons. The number of nitrogens with two attached hydrogens (primary N) is 1. The first-order chi connectivity index (χ1) is 14.0. The van der Waals surface area contributed by atoms with Crippen molar-refractivity contribution in [3.05, 3.63) is 58.1 Å². The monoisotopic (exact) mass is 451 g/mol. The van der Waals surface area contributed by atoms with Gasteiger partial charge >= 0.3 is 5.97 Å². The Hall–Kier alpha value is -3.28. The van der Waals surface area contributed by atoms with Gasteiger partial charge in [-0.05, 0) is 36.4 Å². The Morgan fingerprint density at radius 1 is 1.10 bits per heavy atom. The number of amides is 3. The Labute approximate surface area is 175 Å². The number of halogens is 1. The number of esters is 1. The number of anilines is 1. The average Bonchev–Trinajstić information content (AvgIpc) is 2.89. The minimum absolute atomic E-state index is 0.147. The maximum Gasteiger partial charge on any atom is 0.338 e. The summed E-state index contributed by atoms with van der Waals surface area (Å²) < 4.78 is 27.8. The molecule has 0 bridgehead atoms. The molecule has 2 aromatic carbocycles. The molecule has 0 fully saturated rings. The topological polar surface area (TPSA) is 153 Å². The summed E-state index contributed by atoms with van der Waals surface area (Å²) in [6.07, 6.45) is 0. The van der Waals surface area contributed by atoms with Crippen molar-refractivity contribution in [2.75, 3.05) is 19.0 Å². The lowest BCUT2D eigenvalue weighted by atomic mass is 10.1. The van der Waals surface area contributed by atoms with Gasteiger partial charge in [0, 0.05) is 12.7 Å². The van der Waals surface area contributed by atoms with Crippen LogP contribution in [0.5, 0.6) is 0 Å². The van der Waals surface area contributed by atoms with E-state index in [9.17, 15) is 27.6 Å². The number of sulfonamides is 1. The maximum absolute atomic E-state index is 12.1. The molecule has 0 aromatic heterocycles. The number of nitrogens with one attached hydrogen (secondary N) is 1. The summed E-state index contributed by atoms with van der Waals surface area (Å²) >= 11 is 5.75. The quantitative estimate of drug-likeness (QED) is 0.508. The summed E-state index contributed by atoms with van der Waals surface area (Å²) in [5, 5.41) is 7.30. The van der Waals surface area contributed by atoms with Gasteiger partial charge in [-0.25, -0.2) is 18.4 Å². The number of primary sulfonamides is 1. The second kappa shape index (κ2) is 7.86. The van der Waals surface area contributed by atoms with Gasteiger partial charge in [0.1, 0.15) is 4.90 Å². The summed E-state index contributed by atoms with van der Waals surface area (Å²) in [5.41, 5.74) is 0.435.